The fourth-order valence-electron chi connectivity index (χ4n) is 1.47. The molecule has 3 nitrogen and oxygen atoms in total. The summed E-state index contributed by atoms with van der Waals surface area (Å²) in [4.78, 5) is 9.01. The van der Waals surface area contributed by atoms with Crippen LogP contribution in [0.3, 0.4) is 0 Å². The molecular weight excluding hydrogens is 242 g/mol. The smallest absolute Gasteiger partial charge is 0.185 e. The maximum Gasteiger partial charge on any atom is 0.185 e. The number of rotatable bonds is 7. The second-order valence-corrected chi connectivity index (χ2v) is 5.10. The molecule has 0 saturated carbocycles. The summed E-state index contributed by atoms with van der Waals surface area (Å²) in [6.07, 6.45) is 1.16. The SMILES string of the molecule is CCN(CCCN(C)C)c1nc(CCl)cs1. The lowest BCUT2D eigenvalue weighted by Crippen LogP contribution is -2.26. The summed E-state index contributed by atoms with van der Waals surface area (Å²) in [5, 5.41) is 3.13. The van der Waals surface area contributed by atoms with Crippen LogP contribution in [0.4, 0.5) is 5.13 Å². The maximum absolute atomic E-state index is 5.75. The Kier molecular flexibility index (Phi) is 6.09. The molecule has 0 aromatic carbocycles. The van der Waals surface area contributed by atoms with Gasteiger partial charge in [0.05, 0.1) is 11.6 Å². The van der Waals surface area contributed by atoms with Crippen molar-refractivity contribution in [2.75, 3.05) is 38.6 Å². The Bertz CT molecular complexity index is 301. The largest absolute Gasteiger partial charge is 0.348 e. The Morgan fingerprint density at radius 1 is 1.38 bits per heavy atom. The summed E-state index contributed by atoms with van der Waals surface area (Å²) < 4.78 is 0. The summed E-state index contributed by atoms with van der Waals surface area (Å²) in [6.45, 7) is 5.34. The molecule has 0 saturated heterocycles. The van der Waals surface area contributed by atoms with Gasteiger partial charge in [-0.25, -0.2) is 4.98 Å². The number of anilines is 1. The first-order valence-corrected chi connectivity index (χ1v) is 6.98. The highest BCUT2D eigenvalue weighted by Gasteiger charge is 2.08. The zero-order valence-electron chi connectivity index (χ0n) is 10.2. The molecule has 1 aromatic heterocycles. The Labute approximate surface area is 107 Å². The average molecular weight is 262 g/mol. The first kappa shape index (κ1) is 13.7. The van der Waals surface area contributed by atoms with E-state index in [4.69, 9.17) is 11.6 Å². The van der Waals surface area contributed by atoms with Gasteiger partial charge < -0.3 is 9.80 Å². The van der Waals surface area contributed by atoms with Crippen molar-refractivity contribution in [2.24, 2.45) is 0 Å². The van der Waals surface area contributed by atoms with Gasteiger partial charge >= 0.3 is 0 Å². The lowest BCUT2D eigenvalue weighted by Gasteiger charge is -2.20. The number of nitrogens with zero attached hydrogens (tertiary/aromatic N) is 3. The number of thiazole rings is 1. The molecule has 1 rings (SSSR count). The van der Waals surface area contributed by atoms with Crippen molar-refractivity contribution in [3.05, 3.63) is 11.1 Å². The zero-order chi connectivity index (χ0) is 12.0. The van der Waals surface area contributed by atoms with Crippen LogP contribution in [0.25, 0.3) is 0 Å². The van der Waals surface area contributed by atoms with Gasteiger partial charge in [0.15, 0.2) is 5.13 Å². The third kappa shape index (κ3) is 4.28. The standard InChI is InChI=1S/C11H20ClN3S/c1-4-15(7-5-6-14(2)3)11-13-10(8-12)9-16-11/h9H,4-8H2,1-3H3. The summed E-state index contributed by atoms with van der Waals surface area (Å²) in [7, 11) is 4.20. The first-order chi connectivity index (χ1) is 7.67. The minimum Gasteiger partial charge on any atom is -0.348 e. The van der Waals surface area contributed by atoms with Gasteiger partial charge in [0.25, 0.3) is 0 Å². The molecule has 0 amide bonds. The van der Waals surface area contributed by atoms with Crippen molar-refractivity contribution in [2.45, 2.75) is 19.2 Å². The van der Waals surface area contributed by atoms with Gasteiger partial charge in [-0.1, -0.05) is 0 Å². The molecule has 0 spiro atoms. The van der Waals surface area contributed by atoms with Crippen LogP contribution in [0.1, 0.15) is 19.0 Å². The molecule has 0 aliphatic carbocycles. The van der Waals surface area contributed by atoms with E-state index >= 15 is 0 Å². The Morgan fingerprint density at radius 2 is 2.12 bits per heavy atom. The van der Waals surface area contributed by atoms with Gasteiger partial charge in [-0.3, -0.25) is 0 Å². The lowest BCUT2D eigenvalue weighted by molar-refractivity contribution is 0.400. The van der Waals surface area contributed by atoms with Gasteiger partial charge in [0.2, 0.25) is 0 Å². The topological polar surface area (TPSA) is 19.4 Å². The van der Waals surface area contributed by atoms with E-state index in [9.17, 15) is 0 Å². The minimum absolute atomic E-state index is 0.506. The van der Waals surface area contributed by atoms with Crippen LogP contribution in [0.5, 0.6) is 0 Å². The van der Waals surface area contributed by atoms with Gasteiger partial charge in [0.1, 0.15) is 0 Å². The number of aromatic nitrogens is 1. The van der Waals surface area contributed by atoms with E-state index in [1.165, 1.54) is 0 Å². The highest BCUT2D eigenvalue weighted by molar-refractivity contribution is 7.13. The third-order valence-corrected chi connectivity index (χ3v) is 3.59. The third-order valence-electron chi connectivity index (χ3n) is 2.36. The van der Waals surface area contributed by atoms with Gasteiger partial charge in [-0.15, -0.1) is 22.9 Å². The normalized spacial score (nSPS) is 11.1. The fraction of sp³-hybridized carbons (Fsp3) is 0.727. The molecule has 0 bridgehead atoms. The summed E-state index contributed by atoms with van der Waals surface area (Å²) in [5.41, 5.74) is 0.979. The van der Waals surface area contributed by atoms with E-state index in [-0.39, 0.29) is 0 Å². The molecule has 5 heteroatoms. The second-order valence-electron chi connectivity index (χ2n) is 3.99. The number of alkyl halides is 1. The second kappa shape index (κ2) is 7.09. The van der Waals surface area contributed by atoms with Crippen LogP contribution in [0.2, 0.25) is 0 Å². The van der Waals surface area contributed by atoms with E-state index < -0.39 is 0 Å². The molecule has 0 N–H and O–H groups in total. The molecule has 16 heavy (non-hydrogen) atoms. The predicted molar refractivity (Wildman–Crippen MR) is 72.7 cm³/mol. The van der Waals surface area contributed by atoms with Crippen LogP contribution >= 0.6 is 22.9 Å². The van der Waals surface area contributed by atoms with E-state index in [0.717, 1.165) is 36.9 Å². The summed E-state index contributed by atoms with van der Waals surface area (Å²) >= 11 is 7.44. The number of halogens is 1. The lowest BCUT2D eigenvalue weighted by atomic mass is 10.4. The molecule has 1 heterocycles. The molecule has 0 radical (unpaired) electrons. The molecular formula is C11H20ClN3S. The maximum atomic E-state index is 5.75. The van der Waals surface area contributed by atoms with Crippen LogP contribution < -0.4 is 4.90 Å². The highest BCUT2D eigenvalue weighted by atomic mass is 35.5. The highest BCUT2D eigenvalue weighted by Crippen LogP contribution is 2.21. The molecule has 0 fully saturated rings. The van der Waals surface area contributed by atoms with Crippen molar-refractivity contribution in [1.29, 1.82) is 0 Å². The van der Waals surface area contributed by atoms with Crippen LogP contribution in [0, 0.1) is 0 Å². The molecule has 1 aromatic rings. The number of hydrogen-bond donors (Lipinski definition) is 0. The van der Waals surface area contributed by atoms with E-state index in [1.54, 1.807) is 11.3 Å². The van der Waals surface area contributed by atoms with E-state index in [0.29, 0.717) is 5.88 Å². The van der Waals surface area contributed by atoms with Crippen LogP contribution in [-0.4, -0.2) is 43.6 Å². The van der Waals surface area contributed by atoms with Crippen molar-refractivity contribution < 1.29 is 0 Å². The van der Waals surface area contributed by atoms with Gasteiger partial charge in [0, 0.05) is 18.5 Å². The fourth-order valence-corrected chi connectivity index (χ4v) is 2.62. The molecule has 0 unspecified atom stereocenters. The quantitative estimate of drug-likeness (QED) is 0.704. The molecule has 0 atom stereocenters. The number of hydrogen-bond acceptors (Lipinski definition) is 4. The summed E-state index contributed by atoms with van der Waals surface area (Å²) in [5.74, 6) is 0.506. The van der Waals surface area contributed by atoms with Crippen molar-refractivity contribution in [1.82, 2.24) is 9.88 Å². The van der Waals surface area contributed by atoms with Crippen LogP contribution in [0.15, 0.2) is 5.38 Å². The molecule has 0 aliphatic rings. The monoisotopic (exact) mass is 261 g/mol. The summed E-state index contributed by atoms with van der Waals surface area (Å²) in [6, 6.07) is 0. The molecule has 0 aliphatic heterocycles. The first-order valence-electron chi connectivity index (χ1n) is 5.57. The Balaban J connectivity index is 2.46. The van der Waals surface area contributed by atoms with Crippen molar-refractivity contribution >= 4 is 28.1 Å². The van der Waals surface area contributed by atoms with E-state index in [2.05, 4.69) is 35.8 Å². The predicted octanol–water partition coefficient (Wildman–Crippen LogP) is 2.66. The average Bonchev–Trinajstić information content (AvgIpc) is 2.72. The Morgan fingerprint density at radius 3 is 2.62 bits per heavy atom. The van der Waals surface area contributed by atoms with Crippen molar-refractivity contribution in [3.8, 4) is 0 Å². The zero-order valence-corrected chi connectivity index (χ0v) is 11.8. The van der Waals surface area contributed by atoms with Crippen LogP contribution in [-0.2, 0) is 5.88 Å². The Hall–Kier alpha value is -0.320. The van der Waals surface area contributed by atoms with Gasteiger partial charge in [-0.05, 0) is 34.0 Å². The molecule has 92 valence electrons. The van der Waals surface area contributed by atoms with Crippen molar-refractivity contribution in [3.63, 3.8) is 0 Å². The van der Waals surface area contributed by atoms with E-state index in [1.807, 2.05) is 5.38 Å². The minimum atomic E-state index is 0.506. The van der Waals surface area contributed by atoms with Gasteiger partial charge in [-0.2, -0.15) is 0 Å².